The molecule has 2 heterocycles. The van der Waals surface area contributed by atoms with Gasteiger partial charge in [0.2, 0.25) is 0 Å². The molecule has 6 nitrogen and oxygen atoms in total. The van der Waals surface area contributed by atoms with Gasteiger partial charge in [0, 0.05) is 26.2 Å². The quantitative estimate of drug-likeness (QED) is 0.906. The Morgan fingerprint density at radius 2 is 1.87 bits per heavy atom. The lowest BCUT2D eigenvalue weighted by Crippen LogP contribution is -2.47. The zero-order chi connectivity index (χ0) is 16.4. The number of hydrogen-bond donors (Lipinski definition) is 1. The monoisotopic (exact) mass is 332 g/mol. The van der Waals surface area contributed by atoms with Gasteiger partial charge < -0.3 is 15.5 Å². The van der Waals surface area contributed by atoms with Gasteiger partial charge >= 0.3 is 0 Å². The molecule has 0 atom stereocenters. The van der Waals surface area contributed by atoms with Gasteiger partial charge in [-0.1, -0.05) is 11.6 Å². The molecule has 0 spiro atoms. The molecule has 1 fully saturated rings. The zero-order valence-electron chi connectivity index (χ0n) is 12.2. The van der Waals surface area contributed by atoms with E-state index in [2.05, 4.69) is 9.97 Å². The molecule has 1 aromatic heterocycles. The Morgan fingerprint density at radius 3 is 2.52 bits per heavy atom. The van der Waals surface area contributed by atoms with Crippen LogP contribution >= 0.6 is 11.6 Å². The van der Waals surface area contributed by atoms with Gasteiger partial charge in [-0.3, -0.25) is 0 Å². The van der Waals surface area contributed by atoms with E-state index in [0.29, 0.717) is 48.3 Å². The number of nitrogen functional groups attached to an aromatic ring is 1. The average Bonchev–Trinajstić information content (AvgIpc) is 2.57. The predicted octanol–water partition coefficient (Wildman–Crippen LogP) is 2.05. The highest BCUT2D eigenvalue weighted by Crippen LogP contribution is 2.29. The van der Waals surface area contributed by atoms with Crippen LogP contribution in [0.3, 0.4) is 0 Å². The fourth-order valence-electron chi connectivity index (χ4n) is 2.59. The molecule has 0 unspecified atom stereocenters. The van der Waals surface area contributed by atoms with Gasteiger partial charge in [-0.05, 0) is 18.2 Å². The summed E-state index contributed by atoms with van der Waals surface area (Å²) < 4.78 is 14.1. The van der Waals surface area contributed by atoms with Crippen molar-refractivity contribution in [2.45, 2.75) is 0 Å². The molecule has 0 amide bonds. The number of piperazine rings is 1. The number of halogens is 2. The second-order valence-corrected chi connectivity index (χ2v) is 5.53. The highest BCUT2D eigenvalue weighted by Gasteiger charge is 2.22. The molecule has 23 heavy (non-hydrogen) atoms. The van der Waals surface area contributed by atoms with E-state index in [-0.39, 0.29) is 11.6 Å². The molecule has 0 saturated carbocycles. The summed E-state index contributed by atoms with van der Waals surface area (Å²) in [5.41, 5.74) is 6.51. The van der Waals surface area contributed by atoms with Crippen LogP contribution in [0.25, 0.3) is 0 Å². The van der Waals surface area contributed by atoms with E-state index < -0.39 is 0 Å². The molecule has 0 bridgehead atoms. The number of rotatable bonds is 2. The molecule has 3 rings (SSSR count). The van der Waals surface area contributed by atoms with Gasteiger partial charge in [0.25, 0.3) is 0 Å². The number of nitrogens with two attached hydrogens (primary N) is 1. The van der Waals surface area contributed by atoms with Crippen LogP contribution in [0.15, 0.2) is 24.5 Å². The van der Waals surface area contributed by atoms with E-state index in [1.165, 1.54) is 12.4 Å². The molecule has 2 N–H and O–H groups in total. The van der Waals surface area contributed by atoms with Crippen LogP contribution in [0.5, 0.6) is 0 Å². The third-order valence-corrected chi connectivity index (χ3v) is 4.16. The van der Waals surface area contributed by atoms with Crippen LogP contribution in [-0.2, 0) is 0 Å². The number of nitriles is 1. The topological polar surface area (TPSA) is 82.1 Å². The first-order valence-electron chi connectivity index (χ1n) is 7.05. The van der Waals surface area contributed by atoms with Crippen molar-refractivity contribution in [1.29, 1.82) is 5.26 Å². The molecule has 2 aromatic rings. The van der Waals surface area contributed by atoms with Crippen molar-refractivity contribution in [2.75, 3.05) is 41.7 Å². The van der Waals surface area contributed by atoms with Crippen molar-refractivity contribution in [3.8, 4) is 6.07 Å². The van der Waals surface area contributed by atoms with E-state index in [1.807, 2.05) is 15.9 Å². The summed E-state index contributed by atoms with van der Waals surface area (Å²) in [6.45, 7) is 2.50. The van der Waals surface area contributed by atoms with Gasteiger partial charge in [0.05, 0.1) is 17.3 Å². The van der Waals surface area contributed by atoms with Gasteiger partial charge in [-0.25, -0.2) is 14.4 Å². The number of anilines is 3. The molecular formula is C15H14ClFN6. The molecule has 1 aliphatic rings. The lowest BCUT2D eigenvalue weighted by molar-refractivity contribution is 0.596. The summed E-state index contributed by atoms with van der Waals surface area (Å²) in [7, 11) is 0. The summed E-state index contributed by atoms with van der Waals surface area (Å²) in [5, 5.41) is 9.14. The zero-order valence-corrected chi connectivity index (χ0v) is 13.0. The van der Waals surface area contributed by atoms with Crippen LogP contribution in [0, 0.1) is 17.1 Å². The number of benzene rings is 1. The summed E-state index contributed by atoms with van der Waals surface area (Å²) in [6, 6.07) is 6.44. The fraction of sp³-hybridized carbons (Fsp3) is 0.267. The average molecular weight is 333 g/mol. The Balaban J connectivity index is 1.74. The fourth-order valence-corrected chi connectivity index (χ4v) is 2.80. The first-order chi connectivity index (χ1) is 11.1. The Morgan fingerprint density at radius 1 is 1.17 bits per heavy atom. The lowest BCUT2D eigenvalue weighted by atomic mass is 10.2. The van der Waals surface area contributed by atoms with Crippen molar-refractivity contribution >= 4 is 28.9 Å². The molecule has 0 aliphatic carbocycles. The van der Waals surface area contributed by atoms with Crippen LogP contribution in [0.4, 0.5) is 21.7 Å². The van der Waals surface area contributed by atoms with E-state index in [1.54, 1.807) is 12.1 Å². The maximum absolute atomic E-state index is 14.1. The first-order valence-corrected chi connectivity index (χ1v) is 7.43. The maximum Gasteiger partial charge on any atom is 0.153 e. The highest BCUT2D eigenvalue weighted by molar-refractivity contribution is 6.35. The summed E-state index contributed by atoms with van der Waals surface area (Å²) >= 11 is 6.14. The minimum Gasteiger partial charge on any atom is -0.382 e. The predicted molar refractivity (Wildman–Crippen MR) is 87.0 cm³/mol. The van der Waals surface area contributed by atoms with Crippen molar-refractivity contribution in [1.82, 2.24) is 9.97 Å². The molecule has 8 heteroatoms. The first kappa shape index (κ1) is 15.3. The summed E-state index contributed by atoms with van der Waals surface area (Å²) in [6.07, 6.45) is 1.38. The Hall–Kier alpha value is -2.59. The Bertz CT molecular complexity index is 767. The Kier molecular flexibility index (Phi) is 4.17. The maximum atomic E-state index is 14.1. The van der Waals surface area contributed by atoms with E-state index in [4.69, 9.17) is 22.6 Å². The number of aromatic nitrogens is 2. The van der Waals surface area contributed by atoms with Crippen LogP contribution in [0.2, 0.25) is 5.02 Å². The minimum atomic E-state index is -0.387. The molecule has 1 saturated heterocycles. The number of nitrogens with zero attached hydrogens (tertiary/aromatic N) is 5. The van der Waals surface area contributed by atoms with Crippen LogP contribution in [0.1, 0.15) is 5.56 Å². The standard InChI is InChI=1S/C15H14ClFN6/c16-13-14(19)20-9-21-15(13)23-5-3-22(4-6-23)12-2-1-10(8-18)7-11(12)17/h1-2,7,9H,3-6H2,(H2,19,20,21). The van der Waals surface area contributed by atoms with E-state index >= 15 is 0 Å². The second kappa shape index (κ2) is 6.26. The normalized spacial score (nSPS) is 14.7. The van der Waals surface area contributed by atoms with Gasteiger partial charge in [-0.15, -0.1) is 0 Å². The summed E-state index contributed by atoms with van der Waals surface area (Å²) in [4.78, 5) is 12.0. The molecule has 1 aromatic carbocycles. The molecule has 118 valence electrons. The SMILES string of the molecule is N#Cc1ccc(N2CCN(c3ncnc(N)c3Cl)CC2)c(F)c1. The van der Waals surface area contributed by atoms with Gasteiger partial charge in [-0.2, -0.15) is 5.26 Å². The van der Waals surface area contributed by atoms with Gasteiger partial charge in [0.1, 0.15) is 23.0 Å². The molecule has 0 radical (unpaired) electrons. The number of hydrogen-bond acceptors (Lipinski definition) is 6. The second-order valence-electron chi connectivity index (χ2n) is 5.15. The minimum absolute atomic E-state index is 0.247. The van der Waals surface area contributed by atoms with Crippen molar-refractivity contribution in [2.24, 2.45) is 0 Å². The molecule has 1 aliphatic heterocycles. The van der Waals surface area contributed by atoms with Crippen molar-refractivity contribution in [3.63, 3.8) is 0 Å². The largest absolute Gasteiger partial charge is 0.382 e. The van der Waals surface area contributed by atoms with Crippen LogP contribution < -0.4 is 15.5 Å². The smallest absolute Gasteiger partial charge is 0.153 e. The third kappa shape index (κ3) is 2.98. The van der Waals surface area contributed by atoms with Crippen LogP contribution in [-0.4, -0.2) is 36.1 Å². The third-order valence-electron chi connectivity index (χ3n) is 3.79. The highest BCUT2D eigenvalue weighted by atomic mass is 35.5. The van der Waals surface area contributed by atoms with Crippen molar-refractivity contribution in [3.05, 3.63) is 40.9 Å². The van der Waals surface area contributed by atoms with Crippen molar-refractivity contribution < 1.29 is 4.39 Å². The lowest BCUT2D eigenvalue weighted by Gasteiger charge is -2.37. The van der Waals surface area contributed by atoms with Gasteiger partial charge in [0.15, 0.2) is 5.82 Å². The molecular weight excluding hydrogens is 319 g/mol. The van der Waals surface area contributed by atoms with E-state index in [9.17, 15) is 4.39 Å². The Labute approximate surface area is 137 Å². The summed E-state index contributed by atoms with van der Waals surface area (Å²) in [5.74, 6) is 0.457. The van der Waals surface area contributed by atoms with E-state index in [0.717, 1.165) is 0 Å².